The van der Waals surface area contributed by atoms with Crippen LogP contribution in [0.15, 0.2) is 47.4 Å². The summed E-state index contributed by atoms with van der Waals surface area (Å²) in [5, 5.41) is 2.82. The van der Waals surface area contributed by atoms with Crippen molar-refractivity contribution in [2.24, 2.45) is 5.92 Å². The summed E-state index contributed by atoms with van der Waals surface area (Å²) in [7, 11) is -3.87. The fraction of sp³-hybridized carbons (Fsp3) is 0.350. The third kappa shape index (κ3) is 5.47. The number of sulfonamides is 1. The highest BCUT2D eigenvalue weighted by Crippen LogP contribution is 2.27. The van der Waals surface area contributed by atoms with Gasteiger partial charge in [0.2, 0.25) is 0 Å². The molecule has 2 aromatic rings. The van der Waals surface area contributed by atoms with E-state index in [9.17, 15) is 13.2 Å². The normalized spacial score (nSPS) is 11.3. The maximum Gasteiger partial charge on any atom is 0.262 e. The lowest BCUT2D eigenvalue weighted by molar-refractivity contribution is 0.0948. The maximum atomic E-state index is 12.8. The number of amides is 1. The lowest BCUT2D eigenvalue weighted by Gasteiger charge is -2.14. The molecule has 2 N–H and O–H groups in total. The highest BCUT2D eigenvalue weighted by molar-refractivity contribution is 7.92. The van der Waals surface area contributed by atoms with Gasteiger partial charge in [0.05, 0.1) is 17.2 Å². The SMILES string of the molecule is CCOc1ccccc1NS(=O)(=O)c1ccc(C)c(C(=O)NCC(C)C)c1. The number of para-hydroxylation sites is 2. The fourth-order valence-corrected chi connectivity index (χ4v) is 3.54. The monoisotopic (exact) mass is 390 g/mol. The van der Waals surface area contributed by atoms with Crippen molar-refractivity contribution >= 4 is 21.6 Å². The lowest BCUT2D eigenvalue weighted by Crippen LogP contribution is -2.28. The van der Waals surface area contributed by atoms with Crippen LogP contribution in [0.25, 0.3) is 0 Å². The Balaban J connectivity index is 2.31. The highest BCUT2D eigenvalue weighted by atomic mass is 32.2. The molecule has 0 saturated carbocycles. The molecule has 146 valence electrons. The number of nitrogens with one attached hydrogen (secondary N) is 2. The maximum absolute atomic E-state index is 12.8. The summed E-state index contributed by atoms with van der Waals surface area (Å²) in [5.74, 6) is 0.469. The molecule has 0 aliphatic rings. The third-order valence-corrected chi connectivity index (χ3v) is 5.23. The van der Waals surface area contributed by atoms with Gasteiger partial charge in [-0.3, -0.25) is 9.52 Å². The molecule has 7 heteroatoms. The fourth-order valence-electron chi connectivity index (χ4n) is 2.44. The van der Waals surface area contributed by atoms with Gasteiger partial charge in [-0.1, -0.05) is 32.0 Å². The van der Waals surface area contributed by atoms with Crippen LogP contribution in [0.3, 0.4) is 0 Å². The van der Waals surface area contributed by atoms with Crippen molar-refractivity contribution in [2.45, 2.75) is 32.6 Å². The minimum atomic E-state index is -3.87. The van der Waals surface area contributed by atoms with Crippen LogP contribution in [0.2, 0.25) is 0 Å². The Morgan fingerprint density at radius 3 is 2.52 bits per heavy atom. The van der Waals surface area contributed by atoms with Gasteiger partial charge < -0.3 is 10.1 Å². The van der Waals surface area contributed by atoms with Crippen molar-refractivity contribution in [2.75, 3.05) is 17.9 Å². The average Bonchev–Trinajstić information content (AvgIpc) is 2.61. The van der Waals surface area contributed by atoms with Gasteiger partial charge in [-0.2, -0.15) is 0 Å². The number of carbonyl (C=O) groups excluding carboxylic acids is 1. The van der Waals surface area contributed by atoms with Crippen LogP contribution in [-0.2, 0) is 10.0 Å². The van der Waals surface area contributed by atoms with Crippen LogP contribution >= 0.6 is 0 Å². The average molecular weight is 391 g/mol. The van der Waals surface area contributed by atoms with E-state index >= 15 is 0 Å². The van der Waals surface area contributed by atoms with Gasteiger partial charge in [-0.15, -0.1) is 0 Å². The van der Waals surface area contributed by atoms with E-state index in [4.69, 9.17) is 4.74 Å². The van der Waals surface area contributed by atoms with E-state index in [0.717, 1.165) is 0 Å². The molecule has 0 bridgehead atoms. The molecule has 2 rings (SSSR count). The molecule has 0 heterocycles. The molecule has 0 fully saturated rings. The van der Waals surface area contributed by atoms with Gasteiger partial charge in [0.1, 0.15) is 5.75 Å². The van der Waals surface area contributed by atoms with Crippen molar-refractivity contribution in [3.63, 3.8) is 0 Å². The summed E-state index contributed by atoms with van der Waals surface area (Å²) >= 11 is 0. The number of hydrogen-bond donors (Lipinski definition) is 2. The highest BCUT2D eigenvalue weighted by Gasteiger charge is 2.19. The summed E-state index contributed by atoms with van der Waals surface area (Å²) in [6.07, 6.45) is 0. The van der Waals surface area contributed by atoms with E-state index in [1.807, 2.05) is 20.8 Å². The standard InChI is InChI=1S/C20H26N2O4S/c1-5-26-19-9-7-6-8-18(19)22-27(24,25)16-11-10-15(4)17(12-16)20(23)21-13-14(2)3/h6-12,14,22H,5,13H2,1-4H3,(H,21,23). The topological polar surface area (TPSA) is 84.5 Å². The van der Waals surface area contributed by atoms with Crippen LogP contribution in [0, 0.1) is 12.8 Å². The number of anilines is 1. The van der Waals surface area contributed by atoms with Crippen LogP contribution in [-0.4, -0.2) is 27.5 Å². The number of hydrogen-bond acceptors (Lipinski definition) is 4. The van der Waals surface area contributed by atoms with Crippen molar-refractivity contribution < 1.29 is 17.9 Å². The van der Waals surface area contributed by atoms with Crippen LogP contribution < -0.4 is 14.8 Å². The zero-order chi connectivity index (χ0) is 20.0. The minimum absolute atomic E-state index is 0.0223. The van der Waals surface area contributed by atoms with Gasteiger partial charge in [0.15, 0.2) is 0 Å². The van der Waals surface area contributed by atoms with Crippen molar-refractivity contribution in [1.82, 2.24) is 5.32 Å². The zero-order valence-corrected chi connectivity index (χ0v) is 16.9. The number of carbonyl (C=O) groups is 1. The number of aryl methyl sites for hydroxylation is 1. The quantitative estimate of drug-likeness (QED) is 0.721. The molecule has 0 aromatic heterocycles. The van der Waals surface area contributed by atoms with Crippen molar-refractivity contribution in [3.8, 4) is 5.75 Å². The van der Waals surface area contributed by atoms with E-state index in [1.165, 1.54) is 12.1 Å². The summed E-state index contributed by atoms with van der Waals surface area (Å²) in [6.45, 7) is 8.53. The smallest absolute Gasteiger partial charge is 0.262 e. The molecule has 6 nitrogen and oxygen atoms in total. The first-order valence-electron chi connectivity index (χ1n) is 8.88. The first-order chi connectivity index (χ1) is 12.7. The number of rotatable bonds is 8. The lowest BCUT2D eigenvalue weighted by atomic mass is 10.1. The molecule has 0 aliphatic heterocycles. The molecule has 0 atom stereocenters. The van der Waals surface area contributed by atoms with Gasteiger partial charge in [0.25, 0.3) is 15.9 Å². The van der Waals surface area contributed by atoms with E-state index < -0.39 is 10.0 Å². The van der Waals surface area contributed by atoms with Crippen LogP contribution in [0.1, 0.15) is 36.7 Å². The Morgan fingerprint density at radius 2 is 1.85 bits per heavy atom. The summed E-state index contributed by atoms with van der Waals surface area (Å²) in [4.78, 5) is 12.4. The Hall–Kier alpha value is -2.54. The summed E-state index contributed by atoms with van der Waals surface area (Å²) < 4.78 is 33.6. The molecule has 0 saturated heterocycles. The van der Waals surface area contributed by atoms with E-state index in [0.29, 0.717) is 41.6 Å². The summed E-state index contributed by atoms with van der Waals surface area (Å²) in [6, 6.07) is 11.3. The first-order valence-corrected chi connectivity index (χ1v) is 10.4. The number of benzene rings is 2. The predicted octanol–water partition coefficient (Wildman–Crippen LogP) is 3.58. The number of ether oxygens (including phenoxy) is 1. The molecule has 0 aliphatic carbocycles. The summed E-state index contributed by atoms with van der Waals surface area (Å²) in [5.41, 5.74) is 1.41. The molecule has 0 unspecified atom stereocenters. The predicted molar refractivity (Wildman–Crippen MR) is 107 cm³/mol. The Bertz CT molecular complexity index is 908. The molecule has 27 heavy (non-hydrogen) atoms. The minimum Gasteiger partial charge on any atom is -0.492 e. The van der Waals surface area contributed by atoms with E-state index in [1.54, 1.807) is 37.3 Å². The van der Waals surface area contributed by atoms with Crippen LogP contribution in [0.4, 0.5) is 5.69 Å². The van der Waals surface area contributed by atoms with Crippen molar-refractivity contribution in [3.05, 3.63) is 53.6 Å². The Kier molecular flexibility index (Phi) is 6.85. The molecule has 2 aromatic carbocycles. The molecule has 1 amide bonds. The second kappa shape index (κ2) is 8.90. The van der Waals surface area contributed by atoms with E-state index in [-0.39, 0.29) is 10.8 Å². The van der Waals surface area contributed by atoms with Crippen LogP contribution in [0.5, 0.6) is 5.75 Å². The largest absolute Gasteiger partial charge is 0.492 e. The molecular formula is C20H26N2O4S. The van der Waals surface area contributed by atoms with Gasteiger partial charge >= 0.3 is 0 Å². The first kappa shape index (κ1) is 20.8. The van der Waals surface area contributed by atoms with E-state index in [2.05, 4.69) is 10.0 Å². The molecule has 0 spiro atoms. The second-order valence-corrected chi connectivity index (χ2v) is 8.30. The van der Waals surface area contributed by atoms with Gasteiger partial charge in [-0.25, -0.2) is 8.42 Å². The molecule has 0 radical (unpaired) electrons. The zero-order valence-electron chi connectivity index (χ0n) is 16.1. The van der Waals surface area contributed by atoms with Gasteiger partial charge in [-0.05, 0) is 49.6 Å². The Labute approximate surface area is 161 Å². The second-order valence-electron chi connectivity index (χ2n) is 6.62. The molecular weight excluding hydrogens is 364 g/mol. The third-order valence-electron chi connectivity index (χ3n) is 3.87. The van der Waals surface area contributed by atoms with Crippen molar-refractivity contribution in [1.29, 1.82) is 0 Å². The van der Waals surface area contributed by atoms with Gasteiger partial charge in [0, 0.05) is 12.1 Å². The Morgan fingerprint density at radius 1 is 1.15 bits per heavy atom.